The first-order chi connectivity index (χ1) is 8.61. The molecule has 0 saturated carbocycles. The van der Waals surface area contributed by atoms with Gasteiger partial charge in [0.2, 0.25) is 5.91 Å². The first-order valence-corrected chi connectivity index (χ1v) is 7.10. The minimum absolute atomic E-state index is 0.0428. The molecule has 0 aliphatic heterocycles. The van der Waals surface area contributed by atoms with Crippen LogP contribution in [0.5, 0.6) is 0 Å². The number of halogens is 1. The Morgan fingerprint density at radius 1 is 1.39 bits per heavy atom. The molecular formula is C14H20BrNO2. The first-order valence-electron chi connectivity index (χ1n) is 6.31. The molecule has 0 bridgehead atoms. The van der Waals surface area contributed by atoms with Gasteiger partial charge in [0.1, 0.15) is 0 Å². The largest absolute Gasteiger partial charge is 0.393 e. The highest BCUT2D eigenvalue weighted by molar-refractivity contribution is 9.10. The van der Waals surface area contributed by atoms with Gasteiger partial charge in [-0.05, 0) is 37.0 Å². The first kappa shape index (κ1) is 15.2. The van der Waals surface area contributed by atoms with Gasteiger partial charge in [-0.15, -0.1) is 0 Å². The summed E-state index contributed by atoms with van der Waals surface area (Å²) in [7, 11) is 0. The second-order valence-electron chi connectivity index (χ2n) is 4.33. The third-order valence-corrected chi connectivity index (χ3v) is 3.35. The SMILES string of the molecule is CCC(O)CCNC(=O)CCc1ccc(Br)cc1. The van der Waals surface area contributed by atoms with Gasteiger partial charge < -0.3 is 10.4 Å². The van der Waals surface area contributed by atoms with Crippen molar-refractivity contribution in [1.29, 1.82) is 0 Å². The number of hydrogen-bond acceptors (Lipinski definition) is 2. The number of carbonyl (C=O) groups is 1. The van der Waals surface area contributed by atoms with Crippen LogP contribution in [0.15, 0.2) is 28.7 Å². The van der Waals surface area contributed by atoms with Gasteiger partial charge in [0, 0.05) is 17.4 Å². The number of nitrogens with one attached hydrogen (secondary N) is 1. The summed E-state index contributed by atoms with van der Waals surface area (Å²) >= 11 is 3.38. The molecule has 0 aliphatic carbocycles. The van der Waals surface area contributed by atoms with Crippen molar-refractivity contribution in [2.24, 2.45) is 0 Å². The molecule has 0 spiro atoms. The van der Waals surface area contributed by atoms with E-state index in [1.165, 1.54) is 0 Å². The maximum Gasteiger partial charge on any atom is 0.220 e. The number of aliphatic hydroxyl groups excluding tert-OH is 1. The zero-order valence-electron chi connectivity index (χ0n) is 10.7. The van der Waals surface area contributed by atoms with E-state index in [0.29, 0.717) is 19.4 Å². The molecule has 0 aromatic heterocycles. The molecule has 0 radical (unpaired) electrons. The van der Waals surface area contributed by atoms with Crippen molar-refractivity contribution in [2.45, 2.75) is 38.7 Å². The highest BCUT2D eigenvalue weighted by Gasteiger charge is 2.04. The molecule has 1 atom stereocenters. The van der Waals surface area contributed by atoms with E-state index in [1.807, 2.05) is 31.2 Å². The molecule has 0 fully saturated rings. The standard InChI is InChI=1S/C14H20BrNO2/c1-2-13(17)9-10-16-14(18)8-5-11-3-6-12(15)7-4-11/h3-4,6-7,13,17H,2,5,8-10H2,1H3,(H,16,18). The molecular weight excluding hydrogens is 294 g/mol. The highest BCUT2D eigenvalue weighted by Crippen LogP contribution is 2.11. The smallest absolute Gasteiger partial charge is 0.220 e. The maximum absolute atomic E-state index is 11.6. The summed E-state index contributed by atoms with van der Waals surface area (Å²) in [4.78, 5) is 11.6. The monoisotopic (exact) mass is 313 g/mol. The predicted molar refractivity (Wildman–Crippen MR) is 76.4 cm³/mol. The van der Waals surface area contributed by atoms with Gasteiger partial charge in [-0.25, -0.2) is 0 Å². The molecule has 1 aromatic carbocycles. The zero-order valence-corrected chi connectivity index (χ0v) is 12.2. The van der Waals surface area contributed by atoms with E-state index in [9.17, 15) is 9.90 Å². The molecule has 1 amide bonds. The second-order valence-corrected chi connectivity index (χ2v) is 5.24. The van der Waals surface area contributed by atoms with E-state index in [1.54, 1.807) is 0 Å². The molecule has 1 unspecified atom stereocenters. The van der Waals surface area contributed by atoms with E-state index in [0.717, 1.165) is 22.9 Å². The molecule has 1 rings (SSSR count). The summed E-state index contributed by atoms with van der Waals surface area (Å²) in [5.74, 6) is 0.0428. The minimum atomic E-state index is -0.309. The fourth-order valence-electron chi connectivity index (χ4n) is 1.58. The van der Waals surface area contributed by atoms with Gasteiger partial charge in [-0.1, -0.05) is 35.0 Å². The Morgan fingerprint density at radius 3 is 2.67 bits per heavy atom. The van der Waals surface area contributed by atoms with Gasteiger partial charge in [0.15, 0.2) is 0 Å². The minimum Gasteiger partial charge on any atom is -0.393 e. The molecule has 18 heavy (non-hydrogen) atoms. The molecule has 1 aromatic rings. The van der Waals surface area contributed by atoms with Crippen molar-refractivity contribution in [1.82, 2.24) is 5.32 Å². The molecule has 2 N–H and O–H groups in total. The number of carbonyl (C=O) groups excluding carboxylic acids is 1. The molecule has 0 saturated heterocycles. The van der Waals surface area contributed by atoms with Crippen LogP contribution in [-0.2, 0) is 11.2 Å². The quantitative estimate of drug-likeness (QED) is 0.813. The average molecular weight is 314 g/mol. The number of amides is 1. The van der Waals surface area contributed by atoms with Crippen molar-refractivity contribution in [3.05, 3.63) is 34.3 Å². The fraction of sp³-hybridized carbons (Fsp3) is 0.500. The van der Waals surface area contributed by atoms with Gasteiger partial charge in [0.25, 0.3) is 0 Å². The normalized spacial score (nSPS) is 12.2. The van der Waals surface area contributed by atoms with Gasteiger partial charge >= 0.3 is 0 Å². The van der Waals surface area contributed by atoms with Crippen LogP contribution in [0, 0.1) is 0 Å². The van der Waals surface area contributed by atoms with E-state index in [-0.39, 0.29) is 12.0 Å². The Labute approximate surface area is 117 Å². The summed E-state index contributed by atoms with van der Waals surface area (Å²) in [5, 5.41) is 12.2. The van der Waals surface area contributed by atoms with Crippen LogP contribution in [0.25, 0.3) is 0 Å². The fourth-order valence-corrected chi connectivity index (χ4v) is 1.84. The summed E-state index contributed by atoms with van der Waals surface area (Å²) in [5.41, 5.74) is 1.15. The van der Waals surface area contributed by atoms with Crippen molar-refractivity contribution in [3.63, 3.8) is 0 Å². The Balaban J connectivity index is 2.19. The van der Waals surface area contributed by atoms with Crippen molar-refractivity contribution < 1.29 is 9.90 Å². The number of rotatable bonds is 7. The molecule has 4 heteroatoms. The third-order valence-electron chi connectivity index (χ3n) is 2.82. The summed E-state index contributed by atoms with van der Waals surface area (Å²) in [6.07, 6.45) is 2.28. The predicted octanol–water partition coefficient (Wildman–Crippen LogP) is 2.66. The van der Waals surface area contributed by atoms with Crippen LogP contribution >= 0.6 is 15.9 Å². The number of hydrogen-bond donors (Lipinski definition) is 2. The number of aliphatic hydroxyl groups is 1. The zero-order chi connectivity index (χ0) is 13.4. The molecule has 0 heterocycles. The average Bonchev–Trinajstić information content (AvgIpc) is 2.38. The Bertz CT molecular complexity index is 365. The lowest BCUT2D eigenvalue weighted by Crippen LogP contribution is -2.27. The van der Waals surface area contributed by atoms with Crippen LogP contribution in [0.4, 0.5) is 0 Å². The Hall–Kier alpha value is -0.870. The summed E-state index contributed by atoms with van der Waals surface area (Å²) < 4.78 is 1.05. The summed E-state index contributed by atoms with van der Waals surface area (Å²) in [6.45, 7) is 2.48. The molecule has 0 aliphatic rings. The third kappa shape index (κ3) is 6.17. The lowest BCUT2D eigenvalue weighted by atomic mass is 10.1. The van der Waals surface area contributed by atoms with Crippen LogP contribution in [-0.4, -0.2) is 23.7 Å². The summed E-state index contributed by atoms with van der Waals surface area (Å²) in [6, 6.07) is 7.98. The van der Waals surface area contributed by atoms with Crippen LogP contribution in [0.1, 0.15) is 31.7 Å². The second kappa shape index (κ2) is 8.27. The number of benzene rings is 1. The molecule has 100 valence electrons. The van der Waals surface area contributed by atoms with E-state index in [2.05, 4.69) is 21.2 Å². The van der Waals surface area contributed by atoms with Gasteiger partial charge in [-0.3, -0.25) is 4.79 Å². The molecule has 3 nitrogen and oxygen atoms in total. The van der Waals surface area contributed by atoms with Crippen molar-refractivity contribution in [2.75, 3.05) is 6.54 Å². The van der Waals surface area contributed by atoms with Crippen molar-refractivity contribution in [3.8, 4) is 0 Å². The highest BCUT2D eigenvalue weighted by atomic mass is 79.9. The Kier molecular flexibility index (Phi) is 6.98. The van der Waals surface area contributed by atoms with E-state index >= 15 is 0 Å². The van der Waals surface area contributed by atoms with Crippen LogP contribution in [0.3, 0.4) is 0 Å². The van der Waals surface area contributed by atoms with Gasteiger partial charge in [0.05, 0.1) is 6.10 Å². The topological polar surface area (TPSA) is 49.3 Å². The van der Waals surface area contributed by atoms with Crippen LogP contribution < -0.4 is 5.32 Å². The lowest BCUT2D eigenvalue weighted by Gasteiger charge is -2.08. The maximum atomic E-state index is 11.6. The Morgan fingerprint density at radius 2 is 2.06 bits per heavy atom. The van der Waals surface area contributed by atoms with Gasteiger partial charge in [-0.2, -0.15) is 0 Å². The van der Waals surface area contributed by atoms with E-state index < -0.39 is 0 Å². The lowest BCUT2D eigenvalue weighted by molar-refractivity contribution is -0.121. The number of aryl methyl sites for hydroxylation is 1. The van der Waals surface area contributed by atoms with Crippen molar-refractivity contribution >= 4 is 21.8 Å². The van der Waals surface area contributed by atoms with Crippen LogP contribution in [0.2, 0.25) is 0 Å². The van der Waals surface area contributed by atoms with E-state index in [4.69, 9.17) is 0 Å².